The Morgan fingerprint density at radius 2 is 2.09 bits per heavy atom. The van der Waals surface area contributed by atoms with Crippen LogP contribution in [0.5, 0.6) is 5.75 Å². The molecule has 10 heteroatoms. The normalized spacial score (nSPS) is 12.0. The van der Waals surface area contributed by atoms with Crippen LogP contribution >= 0.6 is 11.5 Å². The predicted molar refractivity (Wildman–Crippen MR) is 70.3 cm³/mol. The number of anilines is 1. The van der Waals surface area contributed by atoms with Crippen LogP contribution in [0, 0.1) is 0 Å². The van der Waals surface area contributed by atoms with Crippen LogP contribution in [0.1, 0.15) is 6.92 Å². The lowest BCUT2D eigenvalue weighted by atomic mass is 10.2. The third-order valence-electron chi connectivity index (χ3n) is 2.72. The molecule has 1 aromatic carbocycles. The zero-order valence-corrected chi connectivity index (χ0v) is 11.8. The zero-order valence-electron chi connectivity index (χ0n) is 11.0. The number of benzene rings is 1. The van der Waals surface area contributed by atoms with Crippen LogP contribution in [-0.2, 0) is 4.79 Å². The first-order valence-electron chi connectivity index (χ1n) is 5.97. The van der Waals surface area contributed by atoms with Gasteiger partial charge in [-0.25, -0.2) is 0 Å². The summed E-state index contributed by atoms with van der Waals surface area (Å²) < 4.78 is 71.1. The highest BCUT2D eigenvalue weighted by molar-refractivity contribution is 7.13. The fourth-order valence-electron chi connectivity index (χ4n) is 1.87. The molecular formula is C12H9F5N2O2S. The molecule has 1 heterocycles. The highest BCUT2D eigenvalue weighted by Crippen LogP contribution is 2.38. The summed E-state index contributed by atoms with van der Waals surface area (Å²) in [6.45, 7) is -2.14. The highest BCUT2D eigenvalue weighted by Gasteiger charge is 2.43. The molecule has 0 saturated heterocycles. The number of amides is 1. The van der Waals surface area contributed by atoms with Crippen molar-refractivity contribution >= 4 is 33.3 Å². The molecule has 4 nitrogen and oxygen atoms in total. The van der Waals surface area contributed by atoms with Crippen LogP contribution in [-0.4, -0.2) is 29.6 Å². The van der Waals surface area contributed by atoms with Gasteiger partial charge in [0, 0.05) is 6.54 Å². The molecule has 0 N–H and O–H groups in total. The van der Waals surface area contributed by atoms with Crippen molar-refractivity contribution in [1.82, 2.24) is 4.37 Å². The Labute approximate surface area is 125 Å². The Morgan fingerprint density at radius 1 is 1.41 bits per heavy atom. The van der Waals surface area contributed by atoms with Crippen molar-refractivity contribution in [3.8, 4) is 5.75 Å². The van der Waals surface area contributed by atoms with Gasteiger partial charge in [-0.15, -0.1) is 0 Å². The third kappa shape index (κ3) is 3.11. The number of hydrogen-bond donors (Lipinski definition) is 0. The Hall–Kier alpha value is -1.97. The average Bonchev–Trinajstić information content (AvgIpc) is 2.83. The molecule has 0 bridgehead atoms. The topological polar surface area (TPSA) is 42.4 Å². The van der Waals surface area contributed by atoms with Gasteiger partial charge < -0.3 is 4.74 Å². The largest absolute Gasteiger partial charge is 0.471 e. The smallest absolute Gasteiger partial charge is 0.434 e. The van der Waals surface area contributed by atoms with E-state index in [1.807, 2.05) is 0 Å². The number of aromatic nitrogens is 1. The number of ether oxygens (including phenoxy) is 1. The van der Waals surface area contributed by atoms with Gasteiger partial charge in [0.25, 0.3) is 0 Å². The Kier molecular flexibility index (Phi) is 4.50. The van der Waals surface area contributed by atoms with Crippen LogP contribution in [0.3, 0.4) is 0 Å². The lowest BCUT2D eigenvalue weighted by molar-refractivity contribution is -0.170. The number of alkyl halides is 5. The number of nitrogens with zero attached hydrogens (tertiary/aromatic N) is 2. The standard InChI is InChI=1S/C12H9F5N2O2S/c1-2-19(10(20)12(15,16)17)9-8-6(21-11(13)14)4-3-5-7(8)22-18-9/h3-5,11H,2H2,1H3. The van der Waals surface area contributed by atoms with E-state index in [4.69, 9.17) is 0 Å². The van der Waals surface area contributed by atoms with Crippen LogP contribution in [0.4, 0.5) is 27.8 Å². The second-order valence-electron chi connectivity index (χ2n) is 4.06. The maximum Gasteiger partial charge on any atom is 0.471 e. The highest BCUT2D eigenvalue weighted by atomic mass is 32.1. The molecule has 0 fully saturated rings. The van der Waals surface area contributed by atoms with Crippen molar-refractivity contribution in [2.75, 3.05) is 11.4 Å². The summed E-state index contributed by atoms with van der Waals surface area (Å²) in [6, 6.07) is 4.07. The Balaban J connectivity index is 2.57. The summed E-state index contributed by atoms with van der Waals surface area (Å²) >= 11 is 0.791. The molecule has 0 aliphatic heterocycles. The van der Waals surface area contributed by atoms with E-state index in [2.05, 4.69) is 9.11 Å². The van der Waals surface area contributed by atoms with Crippen molar-refractivity contribution in [2.24, 2.45) is 0 Å². The van der Waals surface area contributed by atoms with E-state index in [-0.39, 0.29) is 23.5 Å². The minimum atomic E-state index is -5.09. The summed E-state index contributed by atoms with van der Waals surface area (Å²) in [4.78, 5) is 11.8. The number of halogens is 5. The molecule has 120 valence electrons. The van der Waals surface area contributed by atoms with Crippen LogP contribution in [0.2, 0.25) is 0 Å². The Morgan fingerprint density at radius 3 is 2.64 bits per heavy atom. The molecule has 22 heavy (non-hydrogen) atoms. The lowest BCUT2D eigenvalue weighted by Crippen LogP contribution is -2.41. The molecule has 2 aromatic rings. The van der Waals surface area contributed by atoms with Crippen molar-refractivity contribution < 1.29 is 31.5 Å². The van der Waals surface area contributed by atoms with Gasteiger partial charge >= 0.3 is 18.7 Å². The molecule has 2 rings (SSSR count). The SMILES string of the molecule is CCN(C(=O)C(F)(F)F)c1nsc2cccc(OC(F)F)c12. The molecule has 0 spiro atoms. The van der Waals surface area contributed by atoms with Crippen LogP contribution < -0.4 is 9.64 Å². The maximum atomic E-state index is 12.6. The van der Waals surface area contributed by atoms with Gasteiger partial charge in [0.2, 0.25) is 0 Å². The molecule has 1 amide bonds. The monoisotopic (exact) mass is 340 g/mol. The van der Waals surface area contributed by atoms with Gasteiger partial charge in [-0.3, -0.25) is 9.69 Å². The zero-order chi connectivity index (χ0) is 16.5. The number of hydrogen-bond acceptors (Lipinski definition) is 4. The van der Waals surface area contributed by atoms with E-state index in [1.54, 1.807) is 0 Å². The van der Waals surface area contributed by atoms with E-state index < -0.39 is 18.7 Å². The van der Waals surface area contributed by atoms with Gasteiger partial charge in [-0.05, 0) is 30.6 Å². The average molecular weight is 340 g/mol. The summed E-state index contributed by atoms with van der Waals surface area (Å²) in [5.41, 5.74) is 0. The van der Waals surface area contributed by atoms with Gasteiger partial charge in [-0.2, -0.15) is 26.3 Å². The first kappa shape index (κ1) is 16.4. The fraction of sp³-hybridized carbons (Fsp3) is 0.333. The predicted octanol–water partition coefficient (Wildman–Crippen LogP) is 3.81. The number of fused-ring (bicyclic) bond motifs is 1. The van der Waals surface area contributed by atoms with Crippen molar-refractivity contribution in [1.29, 1.82) is 0 Å². The first-order valence-corrected chi connectivity index (χ1v) is 6.75. The summed E-state index contributed by atoms with van der Waals surface area (Å²) in [6.07, 6.45) is -5.09. The van der Waals surface area contributed by atoms with E-state index >= 15 is 0 Å². The van der Waals surface area contributed by atoms with E-state index in [0.717, 1.165) is 11.5 Å². The summed E-state index contributed by atoms with van der Waals surface area (Å²) in [5, 5.41) is -0.0488. The molecular weight excluding hydrogens is 331 g/mol. The fourth-order valence-corrected chi connectivity index (χ4v) is 2.66. The summed E-state index contributed by atoms with van der Waals surface area (Å²) in [7, 11) is 0. The second kappa shape index (κ2) is 6.03. The van der Waals surface area contributed by atoms with Crippen molar-refractivity contribution in [3.63, 3.8) is 0 Å². The summed E-state index contributed by atoms with van der Waals surface area (Å²) in [5.74, 6) is -2.79. The minimum absolute atomic E-state index is 0.0488. The van der Waals surface area contributed by atoms with Crippen LogP contribution in [0.15, 0.2) is 18.2 Å². The van der Waals surface area contributed by atoms with Crippen molar-refractivity contribution in [2.45, 2.75) is 19.7 Å². The van der Waals surface area contributed by atoms with E-state index in [9.17, 15) is 26.7 Å². The maximum absolute atomic E-state index is 12.6. The number of rotatable bonds is 4. The molecule has 0 radical (unpaired) electrons. The number of carbonyl (C=O) groups excluding carboxylic acids is 1. The second-order valence-corrected chi connectivity index (χ2v) is 4.87. The van der Waals surface area contributed by atoms with E-state index in [1.165, 1.54) is 25.1 Å². The first-order chi connectivity index (χ1) is 10.3. The quantitative estimate of drug-likeness (QED) is 0.795. The number of carbonyl (C=O) groups is 1. The minimum Gasteiger partial charge on any atom is -0.434 e. The van der Waals surface area contributed by atoms with Gasteiger partial charge in [-0.1, -0.05) is 6.07 Å². The molecule has 0 unspecified atom stereocenters. The van der Waals surface area contributed by atoms with Crippen molar-refractivity contribution in [3.05, 3.63) is 18.2 Å². The van der Waals surface area contributed by atoms with Gasteiger partial charge in [0.15, 0.2) is 5.82 Å². The van der Waals surface area contributed by atoms with E-state index in [0.29, 0.717) is 9.60 Å². The lowest BCUT2D eigenvalue weighted by Gasteiger charge is -2.20. The third-order valence-corrected chi connectivity index (χ3v) is 3.52. The Bertz CT molecular complexity index is 686. The van der Waals surface area contributed by atoms with Crippen LogP contribution in [0.25, 0.3) is 10.1 Å². The molecule has 0 aliphatic carbocycles. The molecule has 0 saturated carbocycles. The van der Waals surface area contributed by atoms with Gasteiger partial charge in [0.05, 0.1) is 10.1 Å². The molecule has 1 aromatic heterocycles. The molecule has 0 aliphatic rings. The molecule has 0 atom stereocenters. The van der Waals surface area contributed by atoms with Gasteiger partial charge in [0.1, 0.15) is 5.75 Å².